The van der Waals surface area contributed by atoms with Gasteiger partial charge in [-0.3, -0.25) is 4.98 Å². The molecule has 1 N–H and O–H groups in total. The maximum atomic E-state index is 13.0. The topological polar surface area (TPSA) is 59.9 Å². The monoisotopic (exact) mass is 312 g/mol. The van der Waals surface area contributed by atoms with Crippen LogP contribution in [-0.4, -0.2) is 34.7 Å². The third kappa shape index (κ3) is 4.14. The van der Waals surface area contributed by atoms with E-state index in [-0.39, 0.29) is 17.7 Å². The van der Waals surface area contributed by atoms with Crippen LogP contribution in [0.1, 0.15) is 12.6 Å². The maximum absolute atomic E-state index is 13.0. The molecule has 0 bridgehead atoms. The number of hydrogen-bond donors (Lipinski definition) is 1. The van der Waals surface area contributed by atoms with Gasteiger partial charge in [0.15, 0.2) is 11.5 Å². The van der Waals surface area contributed by atoms with Crippen molar-refractivity contribution >= 4 is 5.82 Å². The van der Waals surface area contributed by atoms with Crippen molar-refractivity contribution in [2.75, 3.05) is 19.0 Å². The SMILES string of the molecule is COC(C)CNc1cc(C(F)(F)F)nc(-c2cccnc2)n1. The zero-order chi connectivity index (χ0) is 16.2. The van der Waals surface area contributed by atoms with Crippen LogP contribution in [0.15, 0.2) is 30.6 Å². The van der Waals surface area contributed by atoms with Gasteiger partial charge in [0.2, 0.25) is 0 Å². The van der Waals surface area contributed by atoms with Crippen molar-refractivity contribution in [3.63, 3.8) is 0 Å². The van der Waals surface area contributed by atoms with Gasteiger partial charge >= 0.3 is 6.18 Å². The number of hydrogen-bond acceptors (Lipinski definition) is 5. The third-order valence-corrected chi connectivity index (χ3v) is 2.91. The van der Waals surface area contributed by atoms with Crippen molar-refractivity contribution in [1.82, 2.24) is 15.0 Å². The first kappa shape index (κ1) is 16.2. The zero-order valence-electron chi connectivity index (χ0n) is 12.1. The van der Waals surface area contributed by atoms with E-state index in [1.165, 1.54) is 19.5 Å². The molecule has 0 saturated heterocycles. The number of rotatable bonds is 5. The van der Waals surface area contributed by atoms with Crippen molar-refractivity contribution in [3.8, 4) is 11.4 Å². The molecule has 2 aromatic rings. The third-order valence-electron chi connectivity index (χ3n) is 2.91. The van der Waals surface area contributed by atoms with E-state index >= 15 is 0 Å². The van der Waals surface area contributed by atoms with Crippen LogP contribution in [0, 0.1) is 0 Å². The molecule has 2 aromatic heterocycles. The number of ether oxygens (including phenoxy) is 1. The van der Waals surface area contributed by atoms with Gasteiger partial charge in [-0.05, 0) is 19.1 Å². The fourth-order valence-corrected chi connectivity index (χ4v) is 1.64. The summed E-state index contributed by atoms with van der Waals surface area (Å²) in [6.45, 7) is 2.12. The molecule has 1 unspecified atom stereocenters. The molecule has 0 aliphatic carbocycles. The Kier molecular flexibility index (Phi) is 4.92. The van der Waals surface area contributed by atoms with Crippen molar-refractivity contribution in [1.29, 1.82) is 0 Å². The molecular formula is C14H15F3N4O. The molecule has 5 nitrogen and oxygen atoms in total. The molecule has 0 spiro atoms. The Morgan fingerprint density at radius 1 is 1.32 bits per heavy atom. The Balaban J connectivity index is 2.37. The summed E-state index contributed by atoms with van der Waals surface area (Å²) in [5, 5.41) is 2.82. The average Bonchev–Trinajstić information content (AvgIpc) is 2.52. The molecule has 22 heavy (non-hydrogen) atoms. The summed E-state index contributed by atoms with van der Waals surface area (Å²) in [5.74, 6) is 0.0561. The predicted octanol–water partition coefficient (Wildman–Crippen LogP) is 3.00. The smallest absolute Gasteiger partial charge is 0.380 e. The fourth-order valence-electron chi connectivity index (χ4n) is 1.64. The average molecular weight is 312 g/mol. The Morgan fingerprint density at radius 2 is 2.09 bits per heavy atom. The van der Waals surface area contributed by atoms with E-state index < -0.39 is 11.9 Å². The number of aromatic nitrogens is 3. The van der Waals surface area contributed by atoms with Gasteiger partial charge in [-0.25, -0.2) is 9.97 Å². The van der Waals surface area contributed by atoms with Gasteiger partial charge in [0.05, 0.1) is 6.10 Å². The van der Waals surface area contributed by atoms with Crippen LogP contribution in [0.25, 0.3) is 11.4 Å². The Morgan fingerprint density at radius 3 is 2.68 bits per heavy atom. The quantitative estimate of drug-likeness (QED) is 0.919. The Hall–Kier alpha value is -2.22. The molecule has 2 heterocycles. The lowest BCUT2D eigenvalue weighted by Crippen LogP contribution is -2.20. The van der Waals surface area contributed by atoms with E-state index in [2.05, 4.69) is 20.3 Å². The highest BCUT2D eigenvalue weighted by molar-refractivity contribution is 5.56. The van der Waals surface area contributed by atoms with Crippen LogP contribution < -0.4 is 5.32 Å². The van der Waals surface area contributed by atoms with Crippen LogP contribution >= 0.6 is 0 Å². The first-order chi connectivity index (χ1) is 10.4. The van der Waals surface area contributed by atoms with Gasteiger partial charge in [0.25, 0.3) is 0 Å². The number of nitrogens with zero attached hydrogens (tertiary/aromatic N) is 3. The van der Waals surface area contributed by atoms with Crippen molar-refractivity contribution in [2.24, 2.45) is 0 Å². The summed E-state index contributed by atoms with van der Waals surface area (Å²) in [6, 6.07) is 4.09. The van der Waals surface area contributed by atoms with Crippen LogP contribution in [0.3, 0.4) is 0 Å². The first-order valence-corrected chi connectivity index (χ1v) is 6.53. The molecule has 0 saturated carbocycles. The van der Waals surface area contributed by atoms with Crippen LogP contribution in [-0.2, 0) is 10.9 Å². The van der Waals surface area contributed by atoms with E-state index in [1.807, 2.05) is 0 Å². The molecule has 0 aliphatic heterocycles. The van der Waals surface area contributed by atoms with Crippen molar-refractivity contribution < 1.29 is 17.9 Å². The summed E-state index contributed by atoms with van der Waals surface area (Å²) >= 11 is 0. The first-order valence-electron chi connectivity index (χ1n) is 6.53. The lowest BCUT2D eigenvalue weighted by atomic mass is 10.2. The molecule has 0 fully saturated rings. The van der Waals surface area contributed by atoms with E-state index in [0.29, 0.717) is 12.1 Å². The number of pyridine rings is 1. The Bertz CT molecular complexity index is 619. The van der Waals surface area contributed by atoms with Crippen LogP contribution in [0.5, 0.6) is 0 Å². The molecule has 0 radical (unpaired) electrons. The number of halogens is 3. The molecule has 2 rings (SSSR count). The second kappa shape index (κ2) is 6.69. The summed E-state index contributed by atoms with van der Waals surface area (Å²) in [4.78, 5) is 11.5. The predicted molar refractivity (Wildman–Crippen MR) is 75.2 cm³/mol. The van der Waals surface area contributed by atoms with E-state index in [4.69, 9.17) is 4.74 Å². The maximum Gasteiger partial charge on any atom is 0.433 e. The molecular weight excluding hydrogens is 297 g/mol. The summed E-state index contributed by atoms with van der Waals surface area (Å²) in [6.07, 6.45) is -1.78. The highest BCUT2D eigenvalue weighted by atomic mass is 19.4. The van der Waals surface area contributed by atoms with Crippen LogP contribution in [0.2, 0.25) is 0 Å². The molecule has 0 aliphatic rings. The largest absolute Gasteiger partial charge is 0.433 e. The molecule has 0 amide bonds. The van der Waals surface area contributed by atoms with Gasteiger partial charge in [0.1, 0.15) is 5.82 Å². The minimum Gasteiger partial charge on any atom is -0.380 e. The molecule has 1 atom stereocenters. The van der Waals surface area contributed by atoms with Gasteiger partial charge in [0, 0.05) is 37.7 Å². The van der Waals surface area contributed by atoms with E-state index in [0.717, 1.165) is 6.07 Å². The normalized spacial score (nSPS) is 13.0. The highest BCUT2D eigenvalue weighted by Crippen LogP contribution is 2.30. The van der Waals surface area contributed by atoms with Crippen LogP contribution in [0.4, 0.5) is 19.0 Å². The molecule has 0 aromatic carbocycles. The Labute approximate surface area is 125 Å². The second-order valence-electron chi connectivity index (χ2n) is 4.63. The summed E-state index contributed by atoms with van der Waals surface area (Å²) in [7, 11) is 1.52. The lowest BCUT2D eigenvalue weighted by molar-refractivity contribution is -0.141. The van der Waals surface area contributed by atoms with Gasteiger partial charge < -0.3 is 10.1 Å². The van der Waals surface area contributed by atoms with Gasteiger partial charge in [-0.15, -0.1) is 0 Å². The molecule has 8 heteroatoms. The van der Waals surface area contributed by atoms with Crippen molar-refractivity contribution in [2.45, 2.75) is 19.2 Å². The zero-order valence-corrected chi connectivity index (χ0v) is 12.1. The summed E-state index contributed by atoms with van der Waals surface area (Å²) in [5.41, 5.74) is -0.592. The minimum absolute atomic E-state index is 0.0319. The van der Waals surface area contributed by atoms with Gasteiger partial charge in [-0.1, -0.05) is 0 Å². The number of methoxy groups -OCH3 is 1. The van der Waals surface area contributed by atoms with E-state index in [9.17, 15) is 13.2 Å². The highest BCUT2D eigenvalue weighted by Gasteiger charge is 2.33. The van der Waals surface area contributed by atoms with Crippen molar-refractivity contribution in [3.05, 3.63) is 36.3 Å². The second-order valence-corrected chi connectivity index (χ2v) is 4.63. The standard InChI is InChI=1S/C14H15F3N4O/c1-9(22-2)7-19-12-6-11(14(15,16)17)20-13(21-12)10-4-3-5-18-8-10/h3-6,8-9H,7H2,1-2H3,(H,19,20,21). The minimum atomic E-state index is -4.55. The number of anilines is 1. The summed E-state index contributed by atoms with van der Waals surface area (Å²) < 4.78 is 44.0. The van der Waals surface area contributed by atoms with Gasteiger partial charge in [-0.2, -0.15) is 13.2 Å². The number of nitrogens with one attached hydrogen (secondary N) is 1. The lowest BCUT2D eigenvalue weighted by Gasteiger charge is -2.14. The molecule has 118 valence electrons. The fraction of sp³-hybridized carbons (Fsp3) is 0.357. The number of alkyl halides is 3. The van der Waals surface area contributed by atoms with E-state index in [1.54, 1.807) is 19.1 Å².